The van der Waals surface area contributed by atoms with E-state index in [1.807, 2.05) is 0 Å². The first-order chi connectivity index (χ1) is 8.16. The van der Waals surface area contributed by atoms with Crippen molar-refractivity contribution in [3.05, 3.63) is 40.2 Å². The van der Waals surface area contributed by atoms with Gasteiger partial charge in [0.2, 0.25) is 5.89 Å². The van der Waals surface area contributed by atoms with E-state index in [1.54, 1.807) is 19.1 Å². The Labute approximate surface area is 95.8 Å². The molecule has 17 heavy (non-hydrogen) atoms. The van der Waals surface area contributed by atoms with Crippen molar-refractivity contribution >= 4 is 11.5 Å². The third-order valence-electron chi connectivity index (χ3n) is 1.96. The van der Waals surface area contributed by atoms with E-state index < -0.39 is 4.92 Å². The predicted molar refractivity (Wildman–Crippen MR) is 57.3 cm³/mol. The van der Waals surface area contributed by atoms with Gasteiger partial charge in [-0.1, -0.05) is 5.16 Å². The molecule has 8 nitrogen and oxygen atoms in total. The number of aromatic nitrogens is 3. The Hall–Kier alpha value is -2.51. The standard InChI is InChI=1S/C9H9N5O3/c1-6-12-8(17-13-6)5-11-7-3-2-4-10-9(7)14(15)16/h2-4,11H,5H2,1H3. The monoisotopic (exact) mass is 235 g/mol. The van der Waals surface area contributed by atoms with Crippen LogP contribution < -0.4 is 5.32 Å². The van der Waals surface area contributed by atoms with E-state index in [9.17, 15) is 10.1 Å². The normalized spacial score (nSPS) is 10.2. The van der Waals surface area contributed by atoms with Gasteiger partial charge in [0, 0.05) is 0 Å². The van der Waals surface area contributed by atoms with Crippen LogP contribution in [0, 0.1) is 17.0 Å². The van der Waals surface area contributed by atoms with Crippen LogP contribution in [0.3, 0.4) is 0 Å². The van der Waals surface area contributed by atoms with Crippen LogP contribution in [0.5, 0.6) is 0 Å². The zero-order valence-electron chi connectivity index (χ0n) is 8.95. The summed E-state index contributed by atoms with van der Waals surface area (Å²) >= 11 is 0. The van der Waals surface area contributed by atoms with Gasteiger partial charge in [-0.2, -0.15) is 4.98 Å². The number of hydrogen-bond donors (Lipinski definition) is 1. The van der Waals surface area contributed by atoms with Crippen molar-refractivity contribution in [2.75, 3.05) is 5.32 Å². The summed E-state index contributed by atoms with van der Waals surface area (Å²) in [5.74, 6) is 0.645. The van der Waals surface area contributed by atoms with Crippen LogP contribution in [0.15, 0.2) is 22.9 Å². The van der Waals surface area contributed by atoms with E-state index in [0.717, 1.165) is 0 Å². The van der Waals surface area contributed by atoms with Gasteiger partial charge in [0.05, 0.1) is 6.54 Å². The fraction of sp³-hybridized carbons (Fsp3) is 0.222. The molecule has 0 aromatic carbocycles. The summed E-state index contributed by atoms with van der Waals surface area (Å²) in [6, 6.07) is 3.17. The SMILES string of the molecule is Cc1noc(CNc2cccnc2[N+](=O)[O-])n1. The van der Waals surface area contributed by atoms with E-state index in [4.69, 9.17) is 4.52 Å². The van der Waals surface area contributed by atoms with E-state index in [1.165, 1.54) is 6.20 Å². The second-order valence-corrected chi connectivity index (χ2v) is 3.22. The molecule has 0 bridgehead atoms. The summed E-state index contributed by atoms with van der Waals surface area (Å²) in [6.07, 6.45) is 1.36. The van der Waals surface area contributed by atoms with Crippen LogP contribution in [0.2, 0.25) is 0 Å². The minimum absolute atomic E-state index is 0.216. The average molecular weight is 235 g/mol. The Bertz CT molecular complexity index is 539. The van der Waals surface area contributed by atoms with Gasteiger partial charge in [-0.3, -0.25) is 0 Å². The lowest BCUT2D eigenvalue weighted by atomic mass is 10.4. The molecule has 0 radical (unpaired) electrons. The number of rotatable bonds is 4. The second kappa shape index (κ2) is 4.56. The van der Waals surface area contributed by atoms with Crippen LogP contribution >= 0.6 is 0 Å². The maximum absolute atomic E-state index is 10.7. The molecule has 0 aliphatic rings. The first kappa shape index (κ1) is 11.0. The van der Waals surface area contributed by atoms with Crippen molar-refractivity contribution in [3.8, 4) is 0 Å². The first-order valence-electron chi connectivity index (χ1n) is 4.79. The first-order valence-corrected chi connectivity index (χ1v) is 4.79. The number of nitro groups is 1. The van der Waals surface area contributed by atoms with E-state index >= 15 is 0 Å². The highest BCUT2D eigenvalue weighted by Gasteiger charge is 2.14. The molecule has 2 heterocycles. The molecule has 0 saturated heterocycles. The van der Waals surface area contributed by atoms with Crippen LogP contribution in [0.4, 0.5) is 11.5 Å². The Morgan fingerprint density at radius 1 is 1.59 bits per heavy atom. The van der Waals surface area contributed by atoms with Gasteiger partial charge in [-0.05, 0) is 29.0 Å². The number of nitrogens with one attached hydrogen (secondary N) is 1. The van der Waals surface area contributed by atoms with Gasteiger partial charge in [0.1, 0.15) is 11.9 Å². The van der Waals surface area contributed by atoms with Crippen LogP contribution in [-0.4, -0.2) is 20.0 Å². The zero-order valence-corrected chi connectivity index (χ0v) is 8.95. The molecule has 88 valence electrons. The topological polar surface area (TPSA) is 107 Å². The lowest BCUT2D eigenvalue weighted by Crippen LogP contribution is -2.04. The lowest BCUT2D eigenvalue weighted by molar-refractivity contribution is -0.388. The minimum Gasteiger partial charge on any atom is -0.369 e. The van der Waals surface area contributed by atoms with Gasteiger partial charge in [0.25, 0.3) is 0 Å². The number of nitrogens with zero attached hydrogens (tertiary/aromatic N) is 4. The van der Waals surface area contributed by atoms with Crippen molar-refractivity contribution in [2.24, 2.45) is 0 Å². The Kier molecular flexibility index (Phi) is 2.95. The molecule has 0 saturated carbocycles. The van der Waals surface area contributed by atoms with Crippen molar-refractivity contribution in [1.29, 1.82) is 0 Å². The zero-order chi connectivity index (χ0) is 12.3. The summed E-state index contributed by atoms with van der Waals surface area (Å²) in [5, 5.41) is 17.1. The summed E-state index contributed by atoms with van der Waals surface area (Å²) in [7, 11) is 0. The summed E-state index contributed by atoms with van der Waals surface area (Å²) in [6.45, 7) is 1.91. The fourth-order valence-corrected chi connectivity index (χ4v) is 1.26. The third kappa shape index (κ3) is 2.54. The summed E-state index contributed by atoms with van der Waals surface area (Å²) < 4.78 is 4.87. The average Bonchev–Trinajstić information content (AvgIpc) is 2.73. The van der Waals surface area contributed by atoms with Crippen molar-refractivity contribution in [3.63, 3.8) is 0 Å². The third-order valence-corrected chi connectivity index (χ3v) is 1.96. The minimum atomic E-state index is -0.554. The summed E-state index contributed by atoms with van der Waals surface area (Å²) in [4.78, 5) is 17.8. The maximum atomic E-state index is 10.7. The highest BCUT2D eigenvalue weighted by molar-refractivity contribution is 5.56. The van der Waals surface area contributed by atoms with Gasteiger partial charge in [-0.25, -0.2) is 0 Å². The summed E-state index contributed by atoms with van der Waals surface area (Å²) in [5.41, 5.74) is 0.313. The van der Waals surface area contributed by atoms with Crippen molar-refractivity contribution < 1.29 is 9.45 Å². The molecule has 0 atom stereocenters. The fourth-order valence-electron chi connectivity index (χ4n) is 1.26. The smallest absolute Gasteiger partial charge is 0.369 e. The largest absolute Gasteiger partial charge is 0.386 e. The predicted octanol–water partition coefficient (Wildman–Crippen LogP) is 1.29. The Morgan fingerprint density at radius 2 is 2.41 bits per heavy atom. The number of hydrogen-bond acceptors (Lipinski definition) is 7. The van der Waals surface area contributed by atoms with Crippen LogP contribution in [-0.2, 0) is 6.54 Å². The Balaban J connectivity index is 2.11. The molecular formula is C9H9N5O3. The number of pyridine rings is 1. The molecule has 2 rings (SSSR count). The van der Waals surface area contributed by atoms with Crippen molar-refractivity contribution in [2.45, 2.75) is 13.5 Å². The highest BCUT2D eigenvalue weighted by Crippen LogP contribution is 2.20. The molecule has 1 N–H and O–H groups in total. The molecule has 0 aliphatic heterocycles. The molecular weight excluding hydrogens is 226 g/mol. The van der Waals surface area contributed by atoms with Crippen LogP contribution in [0.25, 0.3) is 0 Å². The van der Waals surface area contributed by atoms with E-state index in [0.29, 0.717) is 17.4 Å². The number of aryl methyl sites for hydroxylation is 1. The molecule has 0 unspecified atom stereocenters. The lowest BCUT2D eigenvalue weighted by Gasteiger charge is -2.02. The maximum Gasteiger partial charge on any atom is 0.386 e. The van der Waals surface area contributed by atoms with Crippen molar-refractivity contribution in [1.82, 2.24) is 15.1 Å². The molecule has 0 spiro atoms. The Morgan fingerprint density at radius 3 is 3.06 bits per heavy atom. The van der Waals surface area contributed by atoms with Gasteiger partial charge in [0.15, 0.2) is 5.82 Å². The van der Waals surface area contributed by atoms with E-state index in [-0.39, 0.29) is 12.4 Å². The van der Waals surface area contributed by atoms with Gasteiger partial charge < -0.3 is 20.0 Å². The van der Waals surface area contributed by atoms with Gasteiger partial charge >= 0.3 is 5.82 Å². The molecule has 0 aliphatic carbocycles. The molecule has 2 aromatic rings. The highest BCUT2D eigenvalue weighted by atomic mass is 16.6. The molecule has 2 aromatic heterocycles. The van der Waals surface area contributed by atoms with Crippen LogP contribution in [0.1, 0.15) is 11.7 Å². The second-order valence-electron chi connectivity index (χ2n) is 3.22. The number of anilines is 1. The molecule has 0 fully saturated rings. The van der Waals surface area contributed by atoms with E-state index in [2.05, 4.69) is 20.4 Å². The molecule has 8 heteroatoms. The quantitative estimate of drug-likeness (QED) is 0.628. The van der Waals surface area contributed by atoms with Gasteiger partial charge in [-0.15, -0.1) is 0 Å². The molecule has 0 amide bonds.